The molecule has 0 aliphatic rings. The van der Waals surface area contributed by atoms with Gasteiger partial charge >= 0.3 is 0 Å². The van der Waals surface area contributed by atoms with E-state index in [0.717, 1.165) is 22.0 Å². The van der Waals surface area contributed by atoms with Gasteiger partial charge in [-0.15, -0.1) is 11.3 Å². The van der Waals surface area contributed by atoms with Crippen LogP contribution in [0.1, 0.15) is 30.1 Å². The molecule has 0 unspecified atom stereocenters. The Kier molecular flexibility index (Phi) is 7.05. The van der Waals surface area contributed by atoms with Crippen molar-refractivity contribution in [1.82, 2.24) is 9.29 Å². The van der Waals surface area contributed by atoms with Crippen LogP contribution in [0.25, 0.3) is 0 Å². The predicted octanol–water partition coefficient (Wildman–Crippen LogP) is 4.88. The molecule has 3 aromatic rings. The Morgan fingerprint density at radius 1 is 1.07 bits per heavy atom. The van der Waals surface area contributed by atoms with Crippen molar-refractivity contribution in [2.75, 3.05) is 6.54 Å². The number of hydrogen-bond donors (Lipinski definition) is 0. The molecule has 5 nitrogen and oxygen atoms in total. The molecule has 0 spiro atoms. The van der Waals surface area contributed by atoms with Crippen molar-refractivity contribution < 1.29 is 13.2 Å². The first-order valence-electron chi connectivity index (χ1n) is 9.52. The summed E-state index contributed by atoms with van der Waals surface area (Å²) in [4.78, 5) is 4.89. The summed E-state index contributed by atoms with van der Waals surface area (Å²) in [6, 6.07) is 16.5. The van der Waals surface area contributed by atoms with Gasteiger partial charge < -0.3 is 4.74 Å². The molecule has 29 heavy (non-hydrogen) atoms. The molecule has 0 aliphatic heterocycles. The van der Waals surface area contributed by atoms with Gasteiger partial charge in [0.05, 0.1) is 17.1 Å². The quantitative estimate of drug-likeness (QED) is 0.486. The van der Waals surface area contributed by atoms with Crippen molar-refractivity contribution in [1.29, 1.82) is 0 Å². The van der Waals surface area contributed by atoms with E-state index < -0.39 is 10.0 Å². The molecule has 0 N–H and O–H groups in total. The second kappa shape index (κ2) is 9.52. The average molecular weight is 431 g/mol. The van der Waals surface area contributed by atoms with E-state index in [1.165, 1.54) is 15.6 Å². The Bertz CT molecular complexity index is 1010. The van der Waals surface area contributed by atoms with E-state index in [4.69, 9.17) is 4.74 Å². The number of nitrogens with zero attached hydrogens (tertiary/aromatic N) is 2. The van der Waals surface area contributed by atoms with Gasteiger partial charge in [0.15, 0.2) is 0 Å². The zero-order valence-electron chi connectivity index (χ0n) is 16.9. The number of para-hydroxylation sites is 1. The van der Waals surface area contributed by atoms with Crippen molar-refractivity contribution in [3.8, 4) is 5.75 Å². The fourth-order valence-electron chi connectivity index (χ4n) is 2.84. The van der Waals surface area contributed by atoms with Gasteiger partial charge in [-0.2, -0.15) is 4.31 Å². The van der Waals surface area contributed by atoms with E-state index >= 15 is 0 Å². The Morgan fingerprint density at radius 2 is 1.76 bits per heavy atom. The largest absolute Gasteiger partial charge is 0.486 e. The van der Waals surface area contributed by atoms with Gasteiger partial charge in [0.2, 0.25) is 10.0 Å². The summed E-state index contributed by atoms with van der Waals surface area (Å²) in [5.74, 6) is 0.988. The summed E-state index contributed by atoms with van der Waals surface area (Å²) < 4.78 is 33.6. The summed E-state index contributed by atoms with van der Waals surface area (Å²) in [5, 5.41) is 2.72. The lowest BCUT2D eigenvalue weighted by Crippen LogP contribution is -2.34. The SMILES string of the molecule is Cc1ccc(S(=O)(=O)N(Cc2csc(COc3ccccc3)n2)CC(C)C)cc1. The van der Waals surface area contributed by atoms with E-state index in [1.807, 2.05) is 68.6 Å². The highest BCUT2D eigenvalue weighted by molar-refractivity contribution is 7.89. The van der Waals surface area contributed by atoms with Gasteiger partial charge in [-0.1, -0.05) is 49.7 Å². The van der Waals surface area contributed by atoms with Crippen molar-refractivity contribution in [2.24, 2.45) is 5.92 Å². The van der Waals surface area contributed by atoms with Crippen LogP contribution in [-0.4, -0.2) is 24.3 Å². The number of aromatic nitrogens is 1. The number of ether oxygens (including phenoxy) is 1. The summed E-state index contributed by atoms with van der Waals surface area (Å²) in [5.41, 5.74) is 1.76. The zero-order valence-corrected chi connectivity index (χ0v) is 18.5. The Hall–Kier alpha value is -2.22. The number of hydrogen-bond acceptors (Lipinski definition) is 5. The van der Waals surface area contributed by atoms with E-state index in [-0.39, 0.29) is 12.5 Å². The lowest BCUT2D eigenvalue weighted by Gasteiger charge is -2.23. The number of rotatable bonds is 9. The van der Waals surface area contributed by atoms with Crippen LogP contribution < -0.4 is 4.74 Å². The van der Waals surface area contributed by atoms with Crippen LogP contribution in [-0.2, 0) is 23.2 Å². The Morgan fingerprint density at radius 3 is 2.41 bits per heavy atom. The standard InChI is InChI=1S/C22H26N2O3S2/c1-17(2)13-24(29(25,26)21-11-9-18(3)10-12-21)14-19-16-28-22(23-19)15-27-20-7-5-4-6-8-20/h4-12,16-17H,13-15H2,1-3H3. The predicted molar refractivity (Wildman–Crippen MR) is 117 cm³/mol. The molecule has 3 rings (SSSR count). The smallest absolute Gasteiger partial charge is 0.243 e. The van der Waals surface area contributed by atoms with Crippen molar-refractivity contribution >= 4 is 21.4 Å². The van der Waals surface area contributed by atoms with Crippen LogP contribution >= 0.6 is 11.3 Å². The molecule has 0 amide bonds. The number of aryl methyl sites for hydroxylation is 1. The second-order valence-electron chi connectivity index (χ2n) is 7.34. The van der Waals surface area contributed by atoms with E-state index in [2.05, 4.69) is 4.98 Å². The van der Waals surface area contributed by atoms with Crippen LogP contribution in [0.5, 0.6) is 5.75 Å². The van der Waals surface area contributed by atoms with E-state index in [0.29, 0.717) is 18.0 Å². The first-order chi connectivity index (χ1) is 13.8. The van der Waals surface area contributed by atoms with E-state index in [1.54, 1.807) is 12.1 Å². The first-order valence-corrected chi connectivity index (χ1v) is 11.8. The summed E-state index contributed by atoms with van der Waals surface area (Å²) in [6.45, 7) is 7.01. The van der Waals surface area contributed by atoms with Crippen LogP contribution in [0.3, 0.4) is 0 Å². The maximum Gasteiger partial charge on any atom is 0.243 e. The van der Waals surface area contributed by atoms with Gasteiger partial charge in [-0.05, 0) is 37.1 Å². The van der Waals surface area contributed by atoms with Crippen molar-refractivity contribution in [2.45, 2.75) is 38.8 Å². The lowest BCUT2D eigenvalue weighted by molar-refractivity contribution is 0.304. The van der Waals surface area contributed by atoms with Gasteiger partial charge in [0.1, 0.15) is 17.4 Å². The maximum atomic E-state index is 13.2. The second-order valence-corrected chi connectivity index (χ2v) is 10.2. The highest BCUT2D eigenvalue weighted by Crippen LogP contribution is 2.22. The third kappa shape index (κ3) is 5.88. The molecule has 154 valence electrons. The highest BCUT2D eigenvalue weighted by Gasteiger charge is 2.26. The third-order valence-electron chi connectivity index (χ3n) is 4.27. The normalized spacial score (nSPS) is 11.9. The fraction of sp³-hybridized carbons (Fsp3) is 0.318. The minimum Gasteiger partial charge on any atom is -0.486 e. The molecule has 0 radical (unpaired) electrons. The van der Waals surface area contributed by atoms with Gasteiger partial charge in [-0.25, -0.2) is 13.4 Å². The number of benzene rings is 2. The monoisotopic (exact) mass is 430 g/mol. The maximum absolute atomic E-state index is 13.2. The van der Waals surface area contributed by atoms with Gasteiger partial charge in [-0.3, -0.25) is 0 Å². The molecule has 0 fully saturated rings. The molecule has 7 heteroatoms. The van der Waals surface area contributed by atoms with E-state index in [9.17, 15) is 8.42 Å². The summed E-state index contributed by atoms with van der Waals surface area (Å²) in [6.07, 6.45) is 0. The van der Waals surface area contributed by atoms with Crippen LogP contribution in [0.2, 0.25) is 0 Å². The molecular formula is C22H26N2O3S2. The molecule has 0 aliphatic carbocycles. The topological polar surface area (TPSA) is 59.5 Å². The molecule has 1 aromatic heterocycles. The minimum atomic E-state index is -3.59. The zero-order chi connectivity index (χ0) is 20.9. The lowest BCUT2D eigenvalue weighted by atomic mass is 10.2. The first kappa shape index (κ1) is 21.5. The van der Waals surface area contributed by atoms with Crippen molar-refractivity contribution in [3.05, 3.63) is 76.2 Å². The average Bonchev–Trinajstić information content (AvgIpc) is 3.14. The Balaban J connectivity index is 1.73. The molecular weight excluding hydrogens is 404 g/mol. The molecule has 1 heterocycles. The molecule has 0 atom stereocenters. The summed E-state index contributed by atoms with van der Waals surface area (Å²) in [7, 11) is -3.59. The molecule has 0 bridgehead atoms. The van der Waals surface area contributed by atoms with Crippen LogP contribution in [0.15, 0.2) is 64.9 Å². The number of sulfonamides is 1. The molecule has 0 saturated heterocycles. The minimum absolute atomic E-state index is 0.203. The number of thiazole rings is 1. The molecule has 2 aromatic carbocycles. The van der Waals surface area contributed by atoms with Gasteiger partial charge in [0, 0.05) is 11.9 Å². The summed E-state index contributed by atoms with van der Waals surface area (Å²) >= 11 is 1.48. The third-order valence-corrected chi connectivity index (χ3v) is 6.97. The van der Waals surface area contributed by atoms with Crippen LogP contribution in [0.4, 0.5) is 0 Å². The van der Waals surface area contributed by atoms with Crippen molar-refractivity contribution in [3.63, 3.8) is 0 Å². The Labute approximate surface area is 177 Å². The van der Waals surface area contributed by atoms with Gasteiger partial charge in [0.25, 0.3) is 0 Å². The molecule has 0 saturated carbocycles. The fourth-order valence-corrected chi connectivity index (χ4v) is 5.12. The highest BCUT2D eigenvalue weighted by atomic mass is 32.2. The van der Waals surface area contributed by atoms with Crippen LogP contribution in [0, 0.1) is 12.8 Å².